The molecule has 6 heteroatoms. The molecular weight excluding hydrogens is 458 g/mol. The lowest BCUT2D eigenvalue weighted by atomic mass is 10.1. The molecule has 1 heterocycles. The Bertz CT molecular complexity index is 1140. The van der Waals surface area contributed by atoms with E-state index in [9.17, 15) is 0 Å². The van der Waals surface area contributed by atoms with Gasteiger partial charge < -0.3 is 15.4 Å². The number of rotatable bonds is 12. The van der Waals surface area contributed by atoms with Crippen LogP contribution in [0.25, 0.3) is 10.9 Å². The van der Waals surface area contributed by atoms with Crippen LogP contribution in [0.5, 0.6) is 0 Å². The maximum Gasteiger partial charge on any atom is 0.225 e. The van der Waals surface area contributed by atoms with E-state index in [1.165, 1.54) is 42.4 Å². The topological polar surface area (TPSA) is 71.4 Å². The number of unbranched alkanes of at least 4 members (excludes halogenated alkanes) is 3. The van der Waals surface area contributed by atoms with Gasteiger partial charge in [0.25, 0.3) is 0 Å². The molecule has 0 amide bonds. The van der Waals surface area contributed by atoms with Crippen molar-refractivity contribution in [1.82, 2.24) is 9.97 Å². The summed E-state index contributed by atoms with van der Waals surface area (Å²) < 4.78 is 4.69. The van der Waals surface area contributed by atoms with Gasteiger partial charge in [0, 0.05) is 32.7 Å². The van der Waals surface area contributed by atoms with Crippen molar-refractivity contribution in [2.24, 2.45) is 4.99 Å². The molecule has 0 spiro atoms. The Morgan fingerprint density at radius 2 is 1.73 bits per heavy atom. The van der Waals surface area contributed by atoms with Gasteiger partial charge in [0.1, 0.15) is 11.7 Å². The van der Waals surface area contributed by atoms with Crippen molar-refractivity contribution < 1.29 is 4.74 Å². The molecule has 200 valence electrons. The van der Waals surface area contributed by atoms with E-state index in [0.717, 1.165) is 42.0 Å². The fourth-order valence-electron chi connectivity index (χ4n) is 3.85. The average molecular weight is 504 g/mol. The van der Waals surface area contributed by atoms with Crippen molar-refractivity contribution in [3.8, 4) is 0 Å². The lowest BCUT2D eigenvalue weighted by Crippen LogP contribution is -2.13. The minimum absolute atomic E-state index is 0.602. The van der Waals surface area contributed by atoms with Gasteiger partial charge in [0.2, 0.25) is 5.95 Å². The van der Waals surface area contributed by atoms with Gasteiger partial charge in [-0.3, -0.25) is 4.99 Å². The second kappa shape index (κ2) is 17.2. The monoisotopic (exact) mass is 503 g/mol. The first-order valence-electron chi connectivity index (χ1n) is 13.5. The first kappa shape index (κ1) is 30.0. The van der Waals surface area contributed by atoms with E-state index < -0.39 is 0 Å². The Labute approximate surface area is 223 Å². The maximum absolute atomic E-state index is 4.78. The predicted octanol–water partition coefficient (Wildman–Crippen LogP) is 7.95. The summed E-state index contributed by atoms with van der Waals surface area (Å²) in [5, 5.41) is 7.80. The minimum atomic E-state index is 0.602. The molecule has 1 aromatic heterocycles. The highest BCUT2D eigenvalue weighted by Gasteiger charge is 2.09. The number of benzene rings is 2. The van der Waals surface area contributed by atoms with Crippen LogP contribution < -0.4 is 10.6 Å². The first-order chi connectivity index (χ1) is 18.0. The molecule has 3 rings (SSSR count). The van der Waals surface area contributed by atoms with Crippen LogP contribution in [-0.4, -0.2) is 36.6 Å². The van der Waals surface area contributed by atoms with Crippen LogP contribution in [0.4, 0.5) is 11.8 Å². The van der Waals surface area contributed by atoms with Gasteiger partial charge in [0.05, 0.1) is 5.52 Å². The molecule has 0 saturated carbocycles. The summed E-state index contributed by atoms with van der Waals surface area (Å²) in [5.74, 6) is 2.18. The summed E-state index contributed by atoms with van der Waals surface area (Å²) >= 11 is 0. The third-order valence-corrected chi connectivity index (χ3v) is 6.00. The molecule has 37 heavy (non-hydrogen) atoms. The molecule has 0 bridgehead atoms. The van der Waals surface area contributed by atoms with Gasteiger partial charge in [-0.25, -0.2) is 4.98 Å². The number of aryl methyl sites for hydroxylation is 1. The van der Waals surface area contributed by atoms with Crippen LogP contribution >= 0.6 is 0 Å². The van der Waals surface area contributed by atoms with Gasteiger partial charge in [-0.2, -0.15) is 4.98 Å². The van der Waals surface area contributed by atoms with Crippen molar-refractivity contribution in [2.45, 2.75) is 72.8 Å². The molecule has 0 fully saturated rings. The number of amidine groups is 1. The molecular formula is C31H45N5O. The Morgan fingerprint density at radius 3 is 2.41 bits per heavy atom. The third kappa shape index (κ3) is 10.7. The van der Waals surface area contributed by atoms with E-state index in [1.807, 2.05) is 31.3 Å². The Kier molecular flexibility index (Phi) is 14.0. The van der Waals surface area contributed by atoms with Gasteiger partial charge in [-0.05, 0) is 62.4 Å². The Balaban J connectivity index is 0.000000877. The van der Waals surface area contributed by atoms with Crippen LogP contribution in [0.3, 0.4) is 0 Å². The Morgan fingerprint density at radius 1 is 0.973 bits per heavy atom. The number of hydrogen-bond acceptors (Lipinski definition) is 5. The molecule has 2 aromatic carbocycles. The largest absolute Gasteiger partial charge is 0.385 e. The summed E-state index contributed by atoms with van der Waals surface area (Å²) in [6.07, 6.45) is 9.39. The molecule has 0 aliphatic rings. The standard InChI is InChI=1S/C27H35N5.C4H10O/c1-5-6-7-8-13-20(2)18-25(28-4)31-26-23-16-11-12-17-24(23)30-27(32-26)29-19-22-15-10-9-14-21(22)3;1-3-4-5-2/h9-12,14-18H,5-8,13,19H2,1-4H3,(H2,28,29,30,31,32);3-4H2,1-2H3/b20-18+;. The van der Waals surface area contributed by atoms with Gasteiger partial charge in [0.15, 0.2) is 0 Å². The molecule has 0 saturated heterocycles. The quantitative estimate of drug-likeness (QED) is 0.149. The van der Waals surface area contributed by atoms with Crippen LogP contribution in [-0.2, 0) is 11.3 Å². The summed E-state index contributed by atoms with van der Waals surface area (Å²) in [5.41, 5.74) is 4.70. The van der Waals surface area contributed by atoms with Crippen LogP contribution in [0.2, 0.25) is 0 Å². The van der Waals surface area contributed by atoms with E-state index in [-0.39, 0.29) is 0 Å². The molecule has 0 atom stereocenters. The van der Waals surface area contributed by atoms with Gasteiger partial charge >= 0.3 is 0 Å². The van der Waals surface area contributed by atoms with Crippen LogP contribution in [0.15, 0.2) is 65.2 Å². The average Bonchev–Trinajstić information content (AvgIpc) is 2.91. The third-order valence-electron chi connectivity index (χ3n) is 6.00. The second-order valence-electron chi connectivity index (χ2n) is 9.22. The lowest BCUT2D eigenvalue weighted by Gasteiger charge is -2.13. The van der Waals surface area contributed by atoms with E-state index in [4.69, 9.17) is 14.7 Å². The highest BCUT2D eigenvalue weighted by molar-refractivity contribution is 6.07. The number of aliphatic imine (C=N–C) groups is 1. The highest BCUT2D eigenvalue weighted by Crippen LogP contribution is 2.23. The number of allylic oxidation sites excluding steroid dienone is 1. The summed E-state index contributed by atoms with van der Waals surface area (Å²) in [6.45, 7) is 10.2. The number of hydrogen-bond donors (Lipinski definition) is 2. The van der Waals surface area contributed by atoms with Crippen molar-refractivity contribution in [3.05, 3.63) is 71.3 Å². The number of anilines is 2. The number of nitrogens with zero attached hydrogens (tertiary/aromatic N) is 3. The van der Waals surface area contributed by atoms with Gasteiger partial charge in [-0.15, -0.1) is 0 Å². The maximum atomic E-state index is 4.78. The number of ether oxygens (including phenoxy) is 1. The van der Waals surface area contributed by atoms with Crippen molar-refractivity contribution in [3.63, 3.8) is 0 Å². The fourth-order valence-corrected chi connectivity index (χ4v) is 3.85. The molecule has 0 aliphatic heterocycles. The van der Waals surface area contributed by atoms with E-state index in [0.29, 0.717) is 12.5 Å². The van der Waals surface area contributed by atoms with Crippen molar-refractivity contribution in [1.29, 1.82) is 0 Å². The first-order valence-corrected chi connectivity index (χ1v) is 13.5. The fraction of sp³-hybridized carbons (Fsp3) is 0.452. The van der Waals surface area contributed by atoms with Gasteiger partial charge in [-0.1, -0.05) is 75.1 Å². The summed E-state index contributed by atoms with van der Waals surface area (Å²) in [4.78, 5) is 14.0. The number of nitrogens with one attached hydrogen (secondary N) is 2. The Hall–Kier alpha value is -3.25. The molecule has 0 radical (unpaired) electrons. The zero-order valence-corrected chi connectivity index (χ0v) is 23.6. The molecule has 6 nitrogen and oxygen atoms in total. The molecule has 3 aromatic rings. The van der Waals surface area contributed by atoms with Crippen LogP contribution in [0.1, 0.15) is 70.4 Å². The highest BCUT2D eigenvalue weighted by atomic mass is 16.5. The number of para-hydroxylation sites is 1. The molecule has 0 unspecified atom stereocenters. The lowest BCUT2D eigenvalue weighted by molar-refractivity contribution is 0.199. The second-order valence-corrected chi connectivity index (χ2v) is 9.22. The number of aromatic nitrogens is 2. The van der Waals surface area contributed by atoms with Crippen molar-refractivity contribution in [2.75, 3.05) is 31.4 Å². The number of methoxy groups -OCH3 is 1. The van der Waals surface area contributed by atoms with Crippen molar-refractivity contribution >= 4 is 28.5 Å². The minimum Gasteiger partial charge on any atom is -0.385 e. The van der Waals surface area contributed by atoms with E-state index in [2.05, 4.69) is 73.7 Å². The smallest absolute Gasteiger partial charge is 0.225 e. The predicted molar refractivity (Wildman–Crippen MR) is 160 cm³/mol. The SMILES string of the molecule is CCCCCC/C(C)=C/C(=NC)Nc1nc(NCc2ccccc2C)nc2ccccc12.CCCOC. The zero-order valence-electron chi connectivity index (χ0n) is 23.6. The summed E-state index contributed by atoms with van der Waals surface area (Å²) in [7, 11) is 3.52. The van der Waals surface area contributed by atoms with Crippen LogP contribution in [0, 0.1) is 6.92 Å². The molecule has 0 aliphatic carbocycles. The van der Waals surface area contributed by atoms with E-state index in [1.54, 1.807) is 7.11 Å². The zero-order chi connectivity index (χ0) is 26.9. The molecule has 2 N–H and O–H groups in total. The van der Waals surface area contributed by atoms with E-state index >= 15 is 0 Å². The summed E-state index contributed by atoms with van der Waals surface area (Å²) in [6, 6.07) is 16.4. The number of fused-ring (bicyclic) bond motifs is 1. The normalized spacial score (nSPS) is 11.7.